The second kappa shape index (κ2) is 9.30. The maximum absolute atomic E-state index is 14.7. The largest absolute Gasteiger partial charge is 0.481 e. The molecule has 1 fully saturated rings. The molecule has 0 atom stereocenters. The van der Waals surface area contributed by atoms with Crippen molar-refractivity contribution < 1.29 is 31.6 Å². The van der Waals surface area contributed by atoms with Crippen LogP contribution >= 0.6 is 0 Å². The first-order valence-corrected chi connectivity index (χ1v) is 11.2. The average Bonchev–Trinajstić information content (AvgIpc) is 3.37. The fourth-order valence-electron chi connectivity index (χ4n) is 3.95. The summed E-state index contributed by atoms with van der Waals surface area (Å²) in [7, 11) is 1.52. The molecule has 3 heterocycles. The maximum atomic E-state index is 14.7. The van der Waals surface area contributed by atoms with Crippen LogP contribution in [0.3, 0.4) is 0 Å². The van der Waals surface area contributed by atoms with Gasteiger partial charge in [0.15, 0.2) is 11.6 Å². The molecule has 13 heteroatoms. The highest BCUT2D eigenvalue weighted by Crippen LogP contribution is 2.59. The number of ether oxygens (including phenoxy) is 1. The summed E-state index contributed by atoms with van der Waals surface area (Å²) in [5, 5.41) is 12.5. The molecule has 192 valence electrons. The van der Waals surface area contributed by atoms with Gasteiger partial charge in [0.1, 0.15) is 17.1 Å². The predicted octanol–water partition coefficient (Wildman–Crippen LogP) is 4.37. The van der Waals surface area contributed by atoms with Crippen molar-refractivity contribution in [2.24, 2.45) is 0 Å². The van der Waals surface area contributed by atoms with E-state index in [1.54, 1.807) is 24.7 Å². The van der Waals surface area contributed by atoms with Gasteiger partial charge < -0.3 is 14.6 Å². The van der Waals surface area contributed by atoms with Gasteiger partial charge in [0.25, 0.3) is 0 Å². The second-order valence-corrected chi connectivity index (χ2v) is 8.68. The number of nitrogens with one attached hydrogen (secondary N) is 2. The number of hydrogen-bond donors (Lipinski definition) is 2. The minimum atomic E-state index is -4.46. The number of halogens is 4. The van der Waals surface area contributed by atoms with E-state index < -0.39 is 23.3 Å². The first-order valence-electron chi connectivity index (χ1n) is 11.2. The Balaban J connectivity index is 1.22. The minimum Gasteiger partial charge on any atom is -0.481 e. The van der Waals surface area contributed by atoms with Crippen LogP contribution in [0.4, 0.5) is 23.4 Å². The molecule has 0 aliphatic heterocycles. The van der Waals surface area contributed by atoms with Crippen LogP contribution < -0.4 is 10.1 Å². The van der Waals surface area contributed by atoms with Gasteiger partial charge in [-0.2, -0.15) is 18.3 Å². The number of rotatable bonds is 8. The molecular weight excluding hydrogens is 496 g/mol. The molecule has 5 rings (SSSR count). The monoisotopic (exact) mass is 516 g/mol. The van der Waals surface area contributed by atoms with E-state index >= 15 is 0 Å². The summed E-state index contributed by atoms with van der Waals surface area (Å²) in [4.78, 5) is 21.0. The van der Waals surface area contributed by atoms with Gasteiger partial charge in [0, 0.05) is 36.0 Å². The van der Waals surface area contributed by atoms with Crippen LogP contribution in [0.25, 0.3) is 11.1 Å². The topological polar surface area (TPSA) is 119 Å². The number of anilines is 1. The van der Waals surface area contributed by atoms with Gasteiger partial charge in [-0.15, -0.1) is 0 Å². The number of nitrogens with zero attached hydrogens (tertiary/aromatic N) is 4. The summed E-state index contributed by atoms with van der Waals surface area (Å²) >= 11 is 0. The van der Waals surface area contributed by atoms with Crippen LogP contribution in [0.2, 0.25) is 0 Å². The standard InChI is InChI=1S/C24H20F4N6O3/c1-36-22-15(12-31-33-22)7-19-29-10-16(11-30-19)13-2-3-14(17(25)6-13)8-21(35)32-20-9-18(37-34-20)23(4-5-23)24(26,27)28/h2-3,6,9-12H,4-5,7-8H2,1H3,(H,31,33)(H,32,34,35). The number of aromatic amines is 1. The molecular formula is C24H20F4N6O3. The highest BCUT2D eigenvalue weighted by molar-refractivity contribution is 5.91. The van der Waals surface area contributed by atoms with Crippen molar-refractivity contribution in [3.63, 3.8) is 0 Å². The Kier molecular flexibility index (Phi) is 6.13. The number of alkyl halides is 3. The molecule has 1 saturated carbocycles. The molecule has 9 nitrogen and oxygen atoms in total. The molecule has 0 unspecified atom stereocenters. The molecule has 4 aromatic rings. The highest BCUT2D eigenvalue weighted by Gasteiger charge is 2.66. The summed E-state index contributed by atoms with van der Waals surface area (Å²) in [5.41, 5.74) is -0.0655. The van der Waals surface area contributed by atoms with Crippen LogP contribution in [0.15, 0.2) is 47.4 Å². The number of hydrogen-bond acceptors (Lipinski definition) is 7. The lowest BCUT2D eigenvalue weighted by Crippen LogP contribution is -2.28. The van der Waals surface area contributed by atoms with E-state index in [-0.39, 0.29) is 36.4 Å². The van der Waals surface area contributed by atoms with Crippen molar-refractivity contribution in [1.29, 1.82) is 0 Å². The molecule has 1 aliphatic rings. The molecule has 0 saturated heterocycles. The van der Waals surface area contributed by atoms with E-state index in [0.29, 0.717) is 29.3 Å². The lowest BCUT2D eigenvalue weighted by molar-refractivity contribution is -0.165. The summed E-state index contributed by atoms with van der Waals surface area (Å²) in [6.07, 6.45) is 0.142. The Hall–Kier alpha value is -4.29. The fraction of sp³-hybridized carbons (Fsp3) is 0.292. The third-order valence-corrected chi connectivity index (χ3v) is 6.22. The first kappa shape index (κ1) is 24.4. The Labute approximate surface area is 207 Å². The van der Waals surface area contributed by atoms with Gasteiger partial charge >= 0.3 is 6.18 Å². The van der Waals surface area contributed by atoms with Crippen molar-refractivity contribution in [3.8, 4) is 17.0 Å². The van der Waals surface area contributed by atoms with Gasteiger partial charge in [-0.1, -0.05) is 17.3 Å². The average molecular weight is 516 g/mol. The maximum Gasteiger partial charge on any atom is 0.401 e. The number of H-pyrrole nitrogens is 1. The summed E-state index contributed by atoms with van der Waals surface area (Å²) < 4.78 is 64.4. The van der Waals surface area contributed by atoms with Crippen molar-refractivity contribution in [3.05, 3.63) is 71.4 Å². The summed E-state index contributed by atoms with van der Waals surface area (Å²) in [6.45, 7) is 0. The molecule has 3 aromatic heterocycles. The van der Waals surface area contributed by atoms with E-state index in [1.807, 2.05) is 0 Å². The number of amides is 1. The number of methoxy groups -OCH3 is 1. The van der Waals surface area contributed by atoms with Crippen LogP contribution in [0.1, 0.15) is 35.6 Å². The van der Waals surface area contributed by atoms with Crippen molar-refractivity contribution in [2.75, 3.05) is 12.4 Å². The molecule has 0 bridgehead atoms. The predicted molar refractivity (Wildman–Crippen MR) is 121 cm³/mol. The second-order valence-electron chi connectivity index (χ2n) is 8.68. The Bertz CT molecular complexity index is 1430. The SMILES string of the molecule is COc1[nH]ncc1Cc1ncc(-c2ccc(CC(=O)Nc3cc(C4(C(F)(F)F)CC4)on3)c(F)c2)cn1. The van der Waals surface area contributed by atoms with Gasteiger partial charge in [0.2, 0.25) is 11.8 Å². The number of carbonyl (C=O) groups is 1. The third kappa shape index (κ3) is 4.88. The van der Waals surface area contributed by atoms with Crippen LogP contribution in [-0.2, 0) is 23.1 Å². The van der Waals surface area contributed by atoms with Gasteiger partial charge in [0.05, 0.1) is 19.7 Å². The number of carbonyl (C=O) groups excluding carboxylic acids is 1. The Morgan fingerprint density at radius 3 is 2.54 bits per heavy atom. The van der Waals surface area contributed by atoms with Crippen molar-refractivity contribution in [1.82, 2.24) is 25.3 Å². The number of benzene rings is 1. The van der Waals surface area contributed by atoms with E-state index in [1.165, 1.54) is 19.2 Å². The lowest BCUT2D eigenvalue weighted by Gasteiger charge is -2.14. The zero-order valence-corrected chi connectivity index (χ0v) is 19.4. The minimum absolute atomic E-state index is 0.0937. The molecule has 1 amide bonds. The number of aromatic nitrogens is 5. The zero-order valence-electron chi connectivity index (χ0n) is 19.4. The Morgan fingerprint density at radius 1 is 1.14 bits per heavy atom. The molecule has 1 aromatic carbocycles. The van der Waals surface area contributed by atoms with Gasteiger partial charge in [-0.3, -0.25) is 4.79 Å². The Morgan fingerprint density at radius 2 is 1.89 bits per heavy atom. The normalized spacial score (nSPS) is 14.4. The molecule has 37 heavy (non-hydrogen) atoms. The quantitative estimate of drug-likeness (QED) is 0.334. The van der Waals surface area contributed by atoms with Gasteiger partial charge in [-0.05, 0) is 30.0 Å². The summed E-state index contributed by atoms with van der Waals surface area (Å²) in [6, 6.07) is 5.39. The van der Waals surface area contributed by atoms with E-state index in [9.17, 15) is 22.4 Å². The first-order chi connectivity index (χ1) is 17.7. The van der Waals surface area contributed by atoms with E-state index in [4.69, 9.17) is 9.26 Å². The van der Waals surface area contributed by atoms with Crippen LogP contribution in [-0.4, -0.2) is 44.5 Å². The molecule has 0 radical (unpaired) electrons. The van der Waals surface area contributed by atoms with Gasteiger partial charge in [-0.25, -0.2) is 19.5 Å². The van der Waals surface area contributed by atoms with Crippen LogP contribution in [0.5, 0.6) is 5.88 Å². The van der Waals surface area contributed by atoms with Crippen molar-refractivity contribution in [2.45, 2.75) is 37.3 Å². The smallest absolute Gasteiger partial charge is 0.401 e. The molecule has 1 aliphatic carbocycles. The lowest BCUT2D eigenvalue weighted by atomic mass is 10.0. The third-order valence-electron chi connectivity index (χ3n) is 6.22. The fourth-order valence-corrected chi connectivity index (χ4v) is 3.95. The zero-order chi connectivity index (χ0) is 26.2. The van der Waals surface area contributed by atoms with E-state index in [0.717, 1.165) is 11.6 Å². The van der Waals surface area contributed by atoms with Crippen LogP contribution in [0, 0.1) is 5.82 Å². The molecule has 2 N–H and O–H groups in total. The van der Waals surface area contributed by atoms with E-state index in [2.05, 4.69) is 30.6 Å². The highest BCUT2D eigenvalue weighted by atomic mass is 19.4. The molecule has 0 spiro atoms. The van der Waals surface area contributed by atoms with Crippen molar-refractivity contribution >= 4 is 11.7 Å². The summed E-state index contributed by atoms with van der Waals surface area (Å²) in [5.74, 6) is -0.733.